The van der Waals surface area contributed by atoms with Crippen LogP contribution in [0.5, 0.6) is 0 Å². The number of rotatable bonds is 2. The van der Waals surface area contributed by atoms with Crippen LogP contribution in [0.15, 0.2) is 48.5 Å². The molecule has 1 fully saturated rings. The lowest BCUT2D eigenvalue weighted by Gasteiger charge is -2.21. The lowest BCUT2D eigenvalue weighted by atomic mass is 9.82. The van der Waals surface area contributed by atoms with Gasteiger partial charge in [-0.1, -0.05) is 36.4 Å². The van der Waals surface area contributed by atoms with Crippen LogP contribution in [-0.2, 0) is 11.2 Å². The molecule has 24 heavy (non-hydrogen) atoms. The second-order valence-corrected chi connectivity index (χ2v) is 6.20. The zero-order chi connectivity index (χ0) is 16.9. The number of amides is 1. The monoisotopic (exact) mass is 322 g/mol. The number of para-hydroxylation sites is 2. The predicted octanol–water partition coefficient (Wildman–Crippen LogP) is 2.76. The molecule has 6 heteroatoms. The molecule has 1 atom stereocenters. The van der Waals surface area contributed by atoms with E-state index in [0.717, 1.165) is 5.56 Å². The summed E-state index contributed by atoms with van der Waals surface area (Å²) >= 11 is 0. The topological polar surface area (TPSA) is 80.5 Å². The van der Waals surface area contributed by atoms with E-state index in [1.807, 2.05) is 12.1 Å². The highest BCUT2D eigenvalue weighted by Gasteiger charge is 2.57. The van der Waals surface area contributed by atoms with Crippen molar-refractivity contribution in [3.8, 4) is 0 Å². The molecule has 0 saturated carbocycles. The van der Waals surface area contributed by atoms with Crippen molar-refractivity contribution in [3.05, 3.63) is 69.8 Å². The molecule has 1 aliphatic carbocycles. The fourth-order valence-corrected chi connectivity index (χ4v) is 3.78. The lowest BCUT2D eigenvalue weighted by molar-refractivity contribution is -0.384. The molecule has 1 spiro atoms. The van der Waals surface area contributed by atoms with Crippen LogP contribution in [0.2, 0.25) is 0 Å². The van der Waals surface area contributed by atoms with Crippen LogP contribution in [0.4, 0.5) is 11.4 Å². The second kappa shape index (κ2) is 4.99. The number of nitrogens with zero attached hydrogens (tertiary/aromatic N) is 2. The SMILES string of the molecule is O=C1c2ccccc2CC12CCN(c1ccccc1[N+](=O)[O-])C2=O. The Hall–Kier alpha value is -3.02. The van der Waals surface area contributed by atoms with Crippen LogP contribution in [0.25, 0.3) is 0 Å². The Morgan fingerprint density at radius 3 is 2.50 bits per heavy atom. The van der Waals surface area contributed by atoms with E-state index in [9.17, 15) is 19.7 Å². The van der Waals surface area contributed by atoms with Crippen LogP contribution in [0, 0.1) is 15.5 Å². The van der Waals surface area contributed by atoms with Crippen molar-refractivity contribution in [2.75, 3.05) is 11.4 Å². The van der Waals surface area contributed by atoms with Crippen molar-refractivity contribution in [1.82, 2.24) is 0 Å². The van der Waals surface area contributed by atoms with Crippen LogP contribution < -0.4 is 4.90 Å². The number of carbonyl (C=O) groups is 2. The number of hydrogen-bond donors (Lipinski definition) is 0. The average Bonchev–Trinajstić information content (AvgIpc) is 3.07. The molecule has 1 unspecified atom stereocenters. The molecular formula is C18H14N2O4. The van der Waals surface area contributed by atoms with Gasteiger partial charge >= 0.3 is 0 Å². The summed E-state index contributed by atoms with van der Waals surface area (Å²) in [7, 11) is 0. The Labute approximate surface area is 137 Å². The smallest absolute Gasteiger partial charge is 0.292 e. The fourth-order valence-electron chi connectivity index (χ4n) is 3.78. The van der Waals surface area contributed by atoms with Crippen molar-refractivity contribution in [3.63, 3.8) is 0 Å². The van der Waals surface area contributed by atoms with Crippen molar-refractivity contribution in [1.29, 1.82) is 0 Å². The Bertz CT molecular complexity index is 892. The molecular weight excluding hydrogens is 308 g/mol. The molecule has 120 valence electrons. The first-order valence-corrected chi connectivity index (χ1v) is 7.73. The summed E-state index contributed by atoms with van der Waals surface area (Å²) in [5.41, 5.74) is 0.502. The van der Waals surface area contributed by atoms with Crippen LogP contribution >= 0.6 is 0 Å². The van der Waals surface area contributed by atoms with Gasteiger partial charge in [0, 0.05) is 18.2 Å². The van der Waals surface area contributed by atoms with Gasteiger partial charge in [-0.3, -0.25) is 19.7 Å². The summed E-state index contributed by atoms with van der Waals surface area (Å²) in [4.78, 5) is 38.0. The fraction of sp³-hybridized carbons (Fsp3) is 0.222. The van der Waals surface area contributed by atoms with Crippen molar-refractivity contribution < 1.29 is 14.5 Å². The number of nitro groups is 1. The highest BCUT2D eigenvalue weighted by Crippen LogP contribution is 2.46. The van der Waals surface area contributed by atoms with Crippen molar-refractivity contribution in [2.24, 2.45) is 5.41 Å². The molecule has 4 rings (SSSR count). The van der Waals surface area contributed by atoms with Gasteiger partial charge in [0.2, 0.25) is 5.91 Å². The number of benzene rings is 2. The third kappa shape index (κ3) is 1.83. The normalized spacial score (nSPS) is 22.2. The summed E-state index contributed by atoms with van der Waals surface area (Å²) < 4.78 is 0. The first kappa shape index (κ1) is 14.6. The zero-order valence-corrected chi connectivity index (χ0v) is 12.8. The van der Waals surface area contributed by atoms with Crippen molar-refractivity contribution >= 4 is 23.1 Å². The van der Waals surface area contributed by atoms with E-state index in [2.05, 4.69) is 0 Å². The minimum atomic E-state index is -1.10. The lowest BCUT2D eigenvalue weighted by Crippen LogP contribution is -2.39. The van der Waals surface area contributed by atoms with E-state index >= 15 is 0 Å². The first-order chi connectivity index (χ1) is 11.5. The molecule has 0 aromatic heterocycles. The van der Waals surface area contributed by atoms with Crippen LogP contribution in [0.3, 0.4) is 0 Å². The number of hydrogen-bond acceptors (Lipinski definition) is 4. The molecule has 1 saturated heterocycles. The van der Waals surface area contributed by atoms with Gasteiger partial charge in [0.25, 0.3) is 5.69 Å². The van der Waals surface area contributed by atoms with E-state index in [1.54, 1.807) is 30.3 Å². The van der Waals surface area contributed by atoms with Gasteiger partial charge in [0.1, 0.15) is 11.1 Å². The summed E-state index contributed by atoms with van der Waals surface area (Å²) in [5, 5.41) is 11.2. The highest BCUT2D eigenvalue weighted by molar-refractivity contribution is 6.22. The Morgan fingerprint density at radius 1 is 1.04 bits per heavy atom. The van der Waals surface area contributed by atoms with Crippen LogP contribution in [0.1, 0.15) is 22.3 Å². The van der Waals surface area contributed by atoms with Gasteiger partial charge in [0.05, 0.1) is 4.92 Å². The number of ketones is 1. The number of nitro benzene ring substituents is 1. The van der Waals surface area contributed by atoms with Gasteiger partial charge in [-0.05, 0) is 24.5 Å². The Morgan fingerprint density at radius 2 is 1.75 bits per heavy atom. The molecule has 0 bridgehead atoms. The van der Waals surface area contributed by atoms with Crippen molar-refractivity contribution in [2.45, 2.75) is 12.8 Å². The molecule has 1 aliphatic heterocycles. The molecule has 1 amide bonds. The van der Waals surface area contributed by atoms with E-state index in [0.29, 0.717) is 24.9 Å². The summed E-state index contributed by atoms with van der Waals surface area (Å²) in [6.45, 7) is 0.309. The maximum absolute atomic E-state index is 13.1. The minimum Gasteiger partial charge on any atom is -0.306 e. The summed E-state index contributed by atoms with van der Waals surface area (Å²) in [6, 6.07) is 13.4. The van der Waals surface area contributed by atoms with E-state index < -0.39 is 10.3 Å². The molecule has 2 aromatic carbocycles. The third-order valence-electron chi connectivity index (χ3n) is 4.97. The largest absolute Gasteiger partial charge is 0.306 e. The third-order valence-corrected chi connectivity index (χ3v) is 4.97. The quantitative estimate of drug-likeness (QED) is 0.484. The molecule has 1 heterocycles. The number of anilines is 1. The van der Waals surface area contributed by atoms with Gasteiger partial charge in [0.15, 0.2) is 5.78 Å². The predicted molar refractivity (Wildman–Crippen MR) is 87.0 cm³/mol. The molecule has 0 N–H and O–H groups in total. The second-order valence-electron chi connectivity index (χ2n) is 6.20. The maximum Gasteiger partial charge on any atom is 0.292 e. The summed E-state index contributed by atoms with van der Waals surface area (Å²) in [6.07, 6.45) is 0.753. The standard InChI is InChI=1S/C18H14N2O4/c21-16-13-6-2-1-5-12(13)11-18(16)9-10-19(17(18)22)14-7-3-4-8-15(14)20(23)24/h1-8H,9-11H2. The molecule has 2 aromatic rings. The van der Waals surface area contributed by atoms with Gasteiger partial charge in [-0.15, -0.1) is 0 Å². The van der Waals surface area contributed by atoms with Gasteiger partial charge in [-0.25, -0.2) is 0 Å². The van der Waals surface area contributed by atoms with E-state index in [-0.39, 0.29) is 23.1 Å². The molecule has 0 radical (unpaired) electrons. The van der Waals surface area contributed by atoms with E-state index in [1.165, 1.54) is 11.0 Å². The van der Waals surface area contributed by atoms with Gasteiger partial charge in [-0.2, -0.15) is 0 Å². The zero-order valence-electron chi connectivity index (χ0n) is 12.8. The summed E-state index contributed by atoms with van der Waals surface area (Å²) in [5.74, 6) is -0.498. The van der Waals surface area contributed by atoms with Crippen LogP contribution in [-0.4, -0.2) is 23.2 Å². The highest BCUT2D eigenvalue weighted by atomic mass is 16.6. The van der Waals surface area contributed by atoms with Gasteiger partial charge < -0.3 is 4.90 Å². The van der Waals surface area contributed by atoms with E-state index in [4.69, 9.17) is 0 Å². The average molecular weight is 322 g/mol. The minimum absolute atomic E-state index is 0.120. The molecule has 6 nitrogen and oxygen atoms in total. The maximum atomic E-state index is 13.1. The first-order valence-electron chi connectivity index (χ1n) is 7.73. The Balaban J connectivity index is 1.75. The number of Topliss-reactive ketones (excluding diaryl/α,β-unsaturated/α-hetero) is 1. The number of fused-ring (bicyclic) bond motifs is 1. The number of carbonyl (C=O) groups excluding carboxylic acids is 2. The molecule has 2 aliphatic rings. The Kier molecular flexibility index (Phi) is 3.03.